The Kier molecular flexibility index (Phi) is 2.33. The molecule has 2 aliphatic rings. The van der Waals surface area contributed by atoms with E-state index in [4.69, 9.17) is 4.74 Å². The van der Waals surface area contributed by atoms with Gasteiger partial charge in [0.1, 0.15) is 5.41 Å². The third-order valence-corrected chi connectivity index (χ3v) is 3.52. The Balaban J connectivity index is 2.06. The minimum atomic E-state index is -0.718. The van der Waals surface area contributed by atoms with E-state index in [-0.39, 0.29) is 17.7 Å². The van der Waals surface area contributed by atoms with Crippen molar-refractivity contribution in [2.75, 3.05) is 7.11 Å². The molecule has 0 aromatic heterocycles. The van der Waals surface area contributed by atoms with Crippen LogP contribution in [0.15, 0.2) is 0 Å². The van der Waals surface area contributed by atoms with Crippen molar-refractivity contribution in [1.82, 2.24) is 0 Å². The first kappa shape index (κ1) is 9.69. The first-order chi connectivity index (χ1) is 6.70. The number of Topliss-reactive ketones (excluding diaryl/α,β-unsaturated/α-hetero) is 1. The molecular formula is C11H16O3. The molecule has 3 nitrogen and oxygen atoms in total. The lowest BCUT2D eigenvalue weighted by Gasteiger charge is -2.15. The van der Waals surface area contributed by atoms with Gasteiger partial charge in [0.25, 0.3) is 0 Å². The number of methoxy groups -OCH3 is 1. The maximum atomic E-state index is 12.0. The Morgan fingerprint density at radius 3 is 2.21 bits per heavy atom. The van der Waals surface area contributed by atoms with Crippen LogP contribution >= 0.6 is 0 Å². The predicted molar refractivity (Wildman–Crippen MR) is 50.6 cm³/mol. The summed E-state index contributed by atoms with van der Waals surface area (Å²) in [5.41, 5.74) is -0.718. The van der Waals surface area contributed by atoms with Gasteiger partial charge >= 0.3 is 5.97 Å². The second kappa shape index (κ2) is 3.37. The highest BCUT2D eigenvalue weighted by molar-refractivity contribution is 6.07. The number of esters is 1. The predicted octanol–water partition coefficient (Wildman–Crippen LogP) is 1.70. The molecule has 0 atom stereocenters. The van der Waals surface area contributed by atoms with Crippen LogP contribution in [0.4, 0.5) is 0 Å². The highest BCUT2D eigenvalue weighted by Gasteiger charge is 2.58. The number of ether oxygens (including phenoxy) is 1. The van der Waals surface area contributed by atoms with E-state index in [9.17, 15) is 9.59 Å². The van der Waals surface area contributed by atoms with Crippen LogP contribution < -0.4 is 0 Å². The van der Waals surface area contributed by atoms with Crippen LogP contribution in [0.5, 0.6) is 0 Å². The van der Waals surface area contributed by atoms with Crippen molar-refractivity contribution in [3.8, 4) is 0 Å². The molecule has 0 saturated heterocycles. The molecule has 78 valence electrons. The fourth-order valence-electron chi connectivity index (χ4n) is 2.45. The van der Waals surface area contributed by atoms with E-state index in [2.05, 4.69) is 0 Å². The van der Waals surface area contributed by atoms with Gasteiger partial charge < -0.3 is 4.74 Å². The number of ketones is 1. The van der Waals surface area contributed by atoms with E-state index in [0.29, 0.717) is 12.8 Å². The third kappa shape index (κ3) is 1.35. The van der Waals surface area contributed by atoms with Crippen LogP contribution in [-0.4, -0.2) is 18.9 Å². The minimum absolute atomic E-state index is 0.136. The summed E-state index contributed by atoms with van der Waals surface area (Å²) in [5.74, 6) is -0.0205. The second-order valence-electron chi connectivity index (χ2n) is 4.42. The molecule has 2 fully saturated rings. The van der Waals surface area contributed by atoms with Crippen molar-refractivity contribution in [3.63, 3.8) is 0 Å². The molecule has 0 aromatic rings. The largest absolute Gasteiger partial charge is 0.468 e. The van der Waals surface area contributed by atoms with Gasteiger partial charge in [0, 0.05) is 5.92 Å². The first-order valence-corrected chi connectivity index (χ1v) is 5.33. The number of carbonyl (C=O) groups excluding carboxylic acids is 2. The van der Waals surface area contributed by atoms with Gasteiger partial charge in [-0.25, -0.2) is 0 Å². The molecule has 0 spiro atoms. The molecule has 2 rings (SSSR count). The summed E-state index contributed by atoms with van der Waals surface area (Å²) >= 11 is 0. The molecule has 0 heterocycles. The highest BCUT2D eigenvalue weighted by Crippen LogP contribution is 2.51. The van der Waals surface area contributed by atoms with Crippen molar-refractivity contribution in [2.45, 2.75) is 38.5 Å². The molecule has 0 N–H and O–H groups in total. The molecule has 0 aromatic carbocycles. The van der Waals surface area contributed by atoms with Crippen molar-refractivity contribution in [1.29, 1.82) is 0 Å². The molecule has 3 heteroatoms. The lowest BCUT2D eigenvalue weighted by atomic mass is 9.89. The average molecular weight is 196 g/mol. The van der Waals surface area contributed by atoms with Gasteiger partial charge in [-0.05, 0) is 25.7 Å². The lowest BCUT2D eigenvalue weighted by Crippen LogP contribution is -2.31. The maximum Gasteiger partial charge on any atom is 0.319 e. The zero-order chi connectivity index (χ0) is 10.2. The average Bonchev–Trinajstić information content (AvgIpc) is 2.84. The van der Waals surface area contributed by atoms with E-state index in [1.165, 1.54) is 7.11 Å². The summed E-state index contributed by atoms with van der Waals surface area (Å²) in [5, 5.41) is 0. The van der Waals surface area contributed by atoms with Crippen molar-refractivity contribution in [2.24, 2.45) is 11.3 Å². The highest BCUT2D eigenvalue weighted by atomic mass is 16.5. The normalized spacial score (nSPS) is 24.6. The topological polar surface area (TPSA) is 43.4 Å². The number of rotatable bonds is 3. The van der Waals surface area contributed by atoms with Gasteiger partial charge in [0.05, 0.1) is 7.11 Å². The SMILES string of the molecule is COC(=O)C1(C(=O)C2CCCC2)CC1. The summed E-state index contributed by atoms with van der Waals surface area (Å²) < 4.78 is 4.70. The fraction of sp³-hybridized carbons (Fsp3) is 0.818. The molecule has 0 aliphatic heterocycles. The molecular weight excluding hydrogens is 180 g/mol. The van der Waals surface area contributed by atoms with Crippen molar-refractivity contribution >= 4 is 11.8 Å². The Morgan fingerprint density at radius 1 is 1.21 bits per heavy atom. The zero-order valence-corrected chi connectivity index (χ0v) is 8.54. The Morgan fingerprint density at radius 2 is 1.79 bits per heavy atom. The third-order valence-electron chi connectivity index (χ3n) is 3.52. The Labute approximate surface area is 83.8 Å². The Hall–Kier alpha value is -0.860. The van der Waals surface area contributed by atoms with Crippen LogP contribution in [0.2, 0.25) is 0 Å². The van der Waals surface area contributed by atoms with Gasteiger partial charge in [-0.2, -0.15) is 0 Å². The summed E-state index contributed by atoms with van der Waals surface area (Å²) in [4.78, 5) is 23.5. The van der Waals surface area contributed by atoms with Crippen molar-refractivity contribution in [3.05, 3.63) is 0 Å². The van der Waals surface area contributed by atoms with Crippen LogP contribution in [0.25, 0.3) is 0 Å². The van der Waals surface area contributed by atoms with Crippen LogP contribution in [0.3, 0.4) is 0 Å². The van der Waals surface area contributed by atoms with Gasteiger partial charge in [-0.15, -0.1) is 0 Å². The summed E-state index contributed by atoms with van der Waals surface area (Å²) in [6.45, 7) is 0. The van der Waals surface area contributed by atoms with E-state index in [1.807, 2.05) is 0 Å². The number of hydrogen-bond acceptors (Lipinski definition) is 3. The zero-order valence-electron chi connectivity index (χ0n) is 8.54. The maximum absolute atomic E-state index is 12.0. The van der Waals surface area contributed by atoms with Crippen LogP contribution in [0, 0.1) is 11.3 Å². The molecule has 0 amide bonds. The molecule has 0 radical (unpaired) electrons. The fourth-order valence-corrected chi connectivity index (χ4v) is 2.45. The molecule has 2 aliphatic carbocycles. The van der Waals surface area contributed by atoms with Gasteiger partial charge in [-0.1, -0.05) is 12.8 Å². The van der Waals surface area contributed by atoms with Gasteiger partial charge in [-0.3, -0.25) is 9.59 Å². The monoisotopic (exact) mass is 196 g/mol. The van der Waals surface area contributed by atoms with Crippen LogP contribution in [0.1, 0.15) is 38.5 Å². The van der Waals surface area contributed by atoms with E-state index in [0.717, 1.165) is 25.7 Å². The number of carbonyl (C=O) groups is 2. The van der Waals surface area contributed by atoms with Crippen molar-refractivity contribution < 1.29 is 14.3 Å². The lowest BCUT2D eigenvalue weighted by molar-refractivity contribution is -0.152. The van der Waals surface area contributed by atoms with E-state index < -0.39 is 5.41 Å². The minimum Gasteiger partial charge on any atom is -0.468 e. The van der Waals surface area contributed by atoms with Gasteiger partial charge in [0.2, 0.25) is 0 Å². The van der Waals surface area contributed by atoms with E-state index in [1.54, 1.807) is 0 Å². The molecule has 14 heavy (non-hydrogen) atoms. The summed E-state index contributed by atoms with van der Waals surface area (Å²) in [6.07, 6.45) is 5.61. The summed E-state index contributed by atoms with van der Waals surface area (Å²) in [7, 11) is 1.37. The van der Waals surface area contributed by atoms with Crippen LogP contribution in [-0.2, 0) is 14.3 Å². The second-order valence-corrected chi connectivity index (χ2v) is 4.42. The molecule has 2 saturated carbocycles. The molecule has 0 unspecified atom stereocenters. The quantitative estimate of drug-likeness (QED) is 0.509. The standard InChI is InChI=1S/C11H16O3/c1-14-10(13)11(6-7-11)9(12)8-4-2-3-5-8/h8H,2-7H2,1H3. The summed E-state index contributed by atoms with van der Waals surface area (Å²) in [6, 6.07) is 0. The first-order valence-electron chi connectivity index (χ1n) is 5.33. The van der Waals surface area contributed by atoms with Gasteiger partial charge in [0.15, 0.2) is 5.78 Å². The smallest absolute Gasteiger partial charge is 0.319 e. The molecule has 0 bridgehead atoms. The Bertz CT molecular complexity index is 260. The number of hydrogen-bond donors (Lipinski definition) is 0. The van der Waals surface area contributed by atoms with E-state index >= 15 is 0 Å².